The minimum absolute atomic E-state index is 0.273. The van der Waals surface area contributed by atoms with Crippen molar-refractivity contribution in [3.63, 3.8) is 0 Å². The van der Waals surface area contributed by atoms with Gasteiger partial charge in [0.1, 0.15) is 0 Å². The van der Waals surface area contributed by atoms with E-state index < -0.39 is 5.82 Å². The maximum Gasteiger partial charge on any atom is 0.178 e. The average Bonchev–Trinajstić information content (AvgIpc) is 2.66. The highest BCUT2D eigenvalue weighted by atomic mass is 79.9. The highest BCUT2D eigenvalue weighted by molar-refractivity contribution is 9.10. The van der Waals surface area contributed by atoms with Gasteiger partial charge in [0.05, 0.1) is 4.47 Å². The molecular weight excluding hydrogens is 261 g/mol. The number of nitrogens with one attached hydrogen (secondary N) is 1. The van der Waals surface area contributed by atoms with E-state index in [1.165, 1.54) is 6.07 Å². The van der Waals surface area contributed by atoms with Crippen molar-refractivity contribution in [3.8, 4) is 5.75 Å². The number of rotatable bonds is 2. The number of hydrogen-bond acceptors (Lipinski definition) is 2. The SMILES string of the molecule is Oc1cc(CC2CCNC2)cc(Br)c1F. The van der Waals surface area contributed by atoms with Crippen LogP contribution in [0.5, 0.6) is 5.75 Å². The van der Waals surface area contributed by atoms with E-state index in [4.69, 9.17) is 0 Å². The van der Waals surface area contributed by atoms with E-state index in [2.05, 4.69) is 21.2 Å². The van der Waals surface area contributed by atoms with Crippen molar-refractivity contribution < 1.29 is 9.50 Å². The molecule has 82 valence electrons. The third kappa shape index (κ3) is 2.49. The van der Waals surface area contributed by atoms with Crippen molar-refractivity contribution in [2.75, 3.05) is 13.1 Å². The maximum atomic E-state index is 13.1. The lowest BCUT2D eigenvalue weighted by molar-refractivity contribution is 0.428. The zero-order chi connectivity index (χ0) is 10.8. The Balaban J connectivity index is 2.14. The Kier molecular flexibility index (Phi) is 3.26. The highest BCUT2D eigenvalue weighted by Gasteiger charge is 2.16. The lowest BCUT2D eigenvalue weighted by Crippen LogP contribution is -2.10. The summed E-state index contributed by atoms with van der Waals surface area (Å²) in [6, 6.07) is 3.26. The molecule has 0 spiro atoms. The molecule has 1 aromatic carbocycles. The van der Waals surface area contributed by atoms with E-state index in [9.17, 15) is 9.50 Å². The van der Waals surface area contributed by atoms with Gasteiger partial charge in [0, 0.05) is 0 Å². The second kappa shape index (κ2) is 4.49. The van der Waals surface area contributed by atoms with Gasteiger partial charge in [0.2, 0.25) is 0 Å². The van der Waals surface area contributed by atoms with Gasteiger partial charge in [-0.1, -0.05) is 0 Å². The largest absolute Gasteiger partial charge is 0.505 e. The van der Waals surface area contributed by atoms with Crippen molar-refractivity contribution in [2.24, 2.45) is 5.92 Å². The summed E-state index contributed by atoms with van der Waals surface area (Å²) in [5.41, 5.74) is 0.981. The third-order valence-corrected chi connectivity index (χ3v) is 3.33. The number of phenols is 1. The van der Waals surface area contributed by atoms with E-state index in [0.717, 1.165) is 31.5 Å². The van der Waals surface area contributed by atoms with Crippen LogP contribution in [0.15, 0.2) is 16.6 Å². The van der Waals surface area contributed by atoms with Crippen LogP contribution in [-0.4, -0.2) is 18.2 Å². The average molecular weight is 274 g/mol. The molecule has 1 heterocycles. The summed E-state index contributed by atoms with van der Waals surface area (Å²) in [7, 11) is 0. The molecule has 0 amide bonds. The fraction of sp³-hybridized carbons (Fsp3) is 0.455. The van der Waals surface area contributed by atoms with Crippen molar-refractivity contribution >= 4 is 15.9 Å². The predicted molar refractivity (Wildman–Crippen MR) is 60.4 cm³/mol. The molecule has 15 heavy (non-hydrogen) atoms. The summed E-state index contributed by atoms with van der Waals surface area (Å²) < 4.78 is 13.5. The van der Waals surface area contributed by atoms with Crippen LogP contribution in [-0.2, 0) is 6.42 Å². The molecule has 0 bridgehead atoms. The molecular formula is C11H13BrFNO. The fourth-order valence-electron chi connectivity index (χ4n) is 1.97. The number of aromatic hydroxyl groups is 1. The van der Waals surface area contributed by atoms with Crippen LogP contribution in [0, 0.1) is 11.7 Å². The molecule has 1 aromatic rings. The first-order valence-electron chi connectivity index (χ1n) is 5.04. The standard InChI is InChI=1S/C11H13BrFNO/c12-9-4-8(5-10(15)11(9)13)3-7-1-2-14-6-7/h4-5,7,14-15H,1-3,6H2. The number of hydrogen-bond donors (Lipinski definition) is 2. The van der Waals surface area contributed by atoms with E-state index >= 15 is 0 Å². The molecule has 0 saturated carbocycles. The summed E-state index contributed by atoms with van der Waals surface area (Å²) in [5.74, 6) is -0.254. The normalized spacial score (nSPS) is 20.8. The Bertz CT molecular complexity index is 341. The molecule has 1 aliphatic rings. The first-order valence-corrected chi connectivity index (χ1v) is 5.83. The lowest BCUT2D eigenvalue weighted by Gasteiger charge is -2.09. The molecule has 1 atom stereocenters. The van der Waals surface area contributed by atoms with Crippen LogP contribution in [0.1, 0.15) is 12.0 Å². The molecule has 1 saturated heterocycles. The molecule has 2 nitrogen and oxygen atoms in total. The second-order valence-corrected chi connectivity index (χ2v) is 4.83. The smallest absolute Gasteiger partial charge is 0.178 e. The summed E-state index contributed by atoms with van der Waals surface area (Å²) in [6.07, 6.45) is 2.04. The zero-order valence-electron chi connectivity index (χ0n) is 8.26. The molecule has 2 N–H and O–H groups in total. The molecule has 0 aromatic heterocycles. The van der Waals surface area contributed by atoms with Crippen molar-refractivity contribution in [1.29, 1.82) is 0 Å². The molecule has 4 heteroatoms. The van der Waals surface area contributed by atoms with Gasteiger partial charge in [-0.15, -0.1) is 0 Å². The maximum absolute atomic E-state index is 13.1. The second-order valence-electron chi connectivity index (χ2n) is 3.97. The minimum Gasteiger partial charge on any atom is -0.505 e. The third-order valence-electron chi connectivity index (χ3n) is 2.76. The molecule has 0 radical (unpaired) electrons. The van der Waals surface area contributed by atoms with E-state index in [0.29, 0.717) is 10.4 Å². The van der Waals surface area contributed by atoms with Crippen molar-refractivity contribution in [3.05, 3.63) is 28.0 Å². The summed E-state index contributed by atoms with van der Waals surface area (Å²) in [5, 5.41) is 12.6. The Labute approximate surface area is 96.6 Å². The fourth-order valence-corrected chi connectivity index (χ4v) is 2.47. The van der Waals surface area contributed by atoms with Crippen LogP contribution in [0.25, 0.3) is 0 Å². The van der Waals surface area contributed by atoms with Gasteiger partial charge in [0.15, 0.2) is 11.6 Å². The highest BCUT2D eigenvalue weighted by Crippen LogP contribution is 2.28. The number of phenolic OH excluding ortho intramolecular Hbond substituents is 1. The van der Waals surface area contributed by atoms with E-state index in [1.54, 1.807) is 6.07 Å². The Morgan fingerprint density at radius 3 is 2.93 bits per heavy atom. The Morgan fingerprint density at radius 2 is 2.33 bits per heavy atom. The molecule has 1 fully saturated rings. The summed E-state index contributed by atoms with van der Waals surface area (Å²) in [6.45, 7) is 2.06. The van der Waals surface area contributed by atoms with Gasteiger partial charge >= 0.3 is 0 Å². The van der Waals surface area contributed by atoms with Crippen LogP contribution < -0.4 is 5.32 Å². The zero-order valence-corrected chi connectivity index (χ0v) is 9.85. The number of benzene rings is 1. The topological polar surface area (TPSA) is 32.3 Å². The molecule has 1 unspecified atom stereocenters. The predicted octanol–water partition coefficient (Wildman–Crippen LogP) is 2.45. The minimum atomic E-state index is -0.580. The Hall–Kier alpha value is -0.610. The van der Waals surface area contributed by atoms with Crippen molar-refractivity contribution in [1.82, 2.24) is 5.32 Å². The van der Waals surface area contributed by atoms with Gasteiger partial charge < -0.3 is 10.4 Å². The van der Waals surface area contributed by atoms with Gasteiger partial charge in [-0.3, -0.25) is 0 Å². The molecule has 1 aliphatic heterocycles. The quantitative estimate of drug-likeness (QED) is 0.868. The first kappa shape index (κ1) is 10.9. The number of halogens is 2. The molecule has 0 aliphatic carbocycles. The van der Waals surface area contributed by atoms with Gasteiger partial charge in [-0.25, -0.2) is 4.39 Å². The summed E-state index contributed by atoms with van der Waals surface area (Å²) >= 11 is 3.10. The summed E-state index contributed by atoms with van der Waals surface area (Å²) in [4.78, 5) is 0. The van der Waals surface area contributed by atoms with E-state index in [-0.39, 0.29) is 5.75 Å². The van der Waals surface area contributed by atoms with Crippen LogP contribution in [0.2, 0.25) is 0 Å². The van der Waals surface area contributed by atoms with Crippen molar-refractivity contribution in [2.45, 2.75) is 12.8 Å². The van der Waals surface area contributed by atoms with Gasteiger partial charge in [-0.05, 0) is 65.5 Å². The monoisotopic (exact) mass is 273 g/mol. The van der Waals surface area contributed by atoms with Gasteiger partial charge in [-0.2, -0.15) is 0 Å². The van der Waals surface area contributed by atoms with Crippen LogP contribution in [0.4, 0.5) is 4.39 Å². The first-order chi connectivity index (χ1) is 7.16. The van der Waals surface area contributed by atoms with E-state index in [1.807, 2.05) is 0 Å². The van der Waals surface area contributed by atoms with Crippen LogP contribution >= 0.6 is 15.9 Å². The lowest BCUT2D eigenvalue weighted by atomic mass is 9.98. The molecule has 2 rings (SSSR count). The Morgan fingerprint density at radius 1 is 1.53 bits per heavy atom. The van der Waals surface area contributed by atoms with Crippen LogP contribution in [0.3, 0.4) is 0 Å². The van der Waals surface area contributed by atoms with Gasteiger partial charge in [0.25, 0.3) is 0 Å².